The lowest BCUT2D eigenvalue weighted by Crippen LogP contribution is -2.26. The summed E-state index contributed by atoms with van der Waals surface area (Å²) in [5, 5.41) is 0. The van der Waals surface area contributed by atoms with E-state index >= 15 is 0 Å². The van der Waals surface area contributed by atoms with E-state index in [2.05, 4.69) is 0 Å². The second kappa shape index (κ2) is 6.74. The number of benzene rings is 1. The Bertz CT molecular complexity index is 713. The number of para-hydroxylation sites is 1. The van der Waals surface area contributed by atoms with Crippen LogP contribution in [0, 0.1) is 0 Å². The Kier molecular flexibility index (Phi) is 5.63. The Balaban J connectivity index is 2.49. The molecule has 1 heterocycles. The maximum Gasteiger partial charge on any atom is 0.283 e. The van der Waals surface area contributed by atoms with Crippen LogP contribution in [0.1, 0.15) is 0 Å². The zero-order valence-corrected chi connectivity index (χ0v) is 15.5. The summed E-state index contributed by atoms with van der Waals surface area (Å²) in [5.74, 6) is 0. The van der Waals surface area contributed by atoms with Crippen molar-refractivity contribution in [3.8, 4) is 0 Å². The minimum absolute atomic E-state index is 0.0677. The Morgan fingerprint density at radius 1 is 1.05 bits per heavy atom. The highest BCUT2D eigenvalue weighted by Crippen LogP contribution is 2.46. The summed E-state index contributed by atoms with van der Waals surface area (Å²) in [6.07, 6.45) is 0. The van der Waals surface area contributed by atoms with Gasteiger partial charge in [-0.25, -0.2) is 3.71 Å². The molecule has 0 saturated carbocycles. The van der Waals surface area contributed by atoms with E-state index in [0.29, 0.717) is 22.0 Å². The second-order valence-corrected chi connectivity index (χ2v) is 11.7. The van der Waals surface area contributed by atoms with Gasteiger partial charge in [0.15, 0.2) is 0 Å². The number of hydrogen-bond acceptors (Lipinski definition) is 4. The Morgan fingerprint density at radius 3 is 2.14 bits per heavy atom. The fourth-order valence-corrected chi connectivity index (χ4v) is 6.55. The average Bonchev–Trinajstić information content (AvgIpc) is 2.83. The van der Waals surface area contributed by atoms with Crippen LogP contribution in [0.15, 0.2) is 46.7 Å². The van der Waals surface area contributed by atoms with Crippen LogP contribution in [-0.2, 0) is 10.0 Å². The van der Waals surface area contributed by atoms with Crippen molar-refractivity contribution in [2.45, 2.75) is 7.33 Å². The summed E-state index contributed by atoms with van der Waals surface area (Å²) in [6, 6.07) is 11.3. The zero-order valence-electron chi connectivity index (χ0n) is 10.0. The lowest BCUT2D eigenvalue weighted by molar-refractivity contribution is 0.600. The molecule has 0 aliphatic carbocycles. The first-order valence-electron chi connectivity index (χ1n) is 5.32. The van der Waals surface area contributed by atoms with Gasteiger partial charge in [0.05, 0.1) is 10.0 Å². The van der Waals surface area contributed by atoms with Crippen LogP contribution in [0.25, 0.3) is 0 Å². The molecule has 3 nitrogen and oxygen atoms in total. The standard InChI is InChI=1S/C11H7Cl4NO2S3/c12-9-6-7-10(19-9)21(17,18)16(20-11(13,14)15)8-4-2-1-3-5-8/h1-7H. The second-order valence-electron chi connectivity index (χ2n) is 3.66. The minimum Gasteiger partial charge on any atom is -0.203 e. The van der Waals surface area contributed by atoms with Crippen LogP contribution in [0.2, 0.25) is 4.34 Å². The van der Waals surface area contributed by atoms with E-state index in [1.54, 1.807) is 30.3 Å². The normalized spacial score (nSPS) is 12.4. The predicted octanol–water partition coefficient (Wildman–Crippen LogP) is 5.57. The van der Waals surface area contributed by atoms with Crippen molar-refractivity contribution in [1.82, 2.24) is 0 Å². The number of thiophene rings is 1. The first-order valence-corrected chi connectivity index (χ1v) is 9.86. The van der Waals surface area contributed by atoms with Crippen molar-refractivity contribution in [3.63, 3.8) is 0 Å². The summed E-state index contributed by atoms with van der Waals surface area (Å²) < 4.78 is 25.0. The van der Waals surface area contributed by atoms with E-state index in [-0.39, 0.29) is 4.21 Å². The van der Waals surface area contributed by atoms with E-state index in [4.69, 9.17) is 46.4 Å². The molecule has 1 aromatic carbocycles. The quantitative estimate of drug-likeness (QED) is 0.477. The highest BCUT2D eigenvalue weighted by molar-refractivity contribution is 8.18. The van der Waals surface area contributed by atoms with Crippen LogP contribution < -0.4 is 3.71 Å². The molecule has 0 saturated heterocycles. The summed E-state index contributed by atoms with van der Waals surface area (Å²) in [4.78, 5) is 0. The minimum atomic E-state index is -3.89. The predicted molar refractivity (Wildman–Crippen MR) is 93.3 cm³/mol. The number of alkyl halides is 3. The number of halogens is 4. The van der Waals surface area contributed by atoms with Gasteiger partial charge in [-0.1, -0.05) is 64.6 Å². The number of anilines is 1. The van der Waals surface area contributed by atoms with Gasteiger partial charge < -0.3 is 0 Å². The van der Waals surface area contributed by atoms with Gasteiger partial charge in [0.25, 0.3) is 13.1 Å². The third-order valence-corrected chi connectivity index (χ3v) is 7.39. The molecule has 2 aromatic rings. The van der Waals surface area contributed by atoms with Gasteiger partial charge in [-0.2, -0.15) is 8.42 Å². The lowest BCUT2D eigenvalue weighted by Gasteiger charge is -2.25. The number of rotatable bonds is 4. The highest BCUT2D eigenvalue weighted by atomic mass is 35.6. The van der Waals surface area contributed by atoms with E-state index < -0.39 is 13.1 Å². The topological polar surface area (TPSA) is 37.4 Å². The van der Waals surface area contributed by atoms with Crippen LogP contribution in [0.3, 0.4) is 0 Å². The average molecular weight is 423 g/mol. The van der Waals surface area contributed by atoms with Gasteiger partial charge >= 0.3 is 0 Å². The first kappa shape index (κ1) is 17.5. The Labute approximate surface area is 150 Å². The lowest BCUT2D eigenvalue weighted by atomic mass is 10.3. The molecule has 0 atom stereocenters. The molecule has 0 N–H and O–H groups in total. The molecule has 0 radical (unpaired) electrons. The third kappa shape index (κ3) is 4.58. The fraction of sp³-hybridized carbons (Fsp3) is 0.0909. The third-order valence-electron chi connectivity index (χ3n) is 2.17. The molecule has 0 spiro atoms. The van der Waals surface area contributed by atoms with E-state index in [0.717, 1.165) is 15.0 Å². The first-order chi connectivity index (χ1) is 9.70. The van der Waals surface area contributed by atoms with Crippen molar-refractivity contribution in [3.05, 3.63) is 46.8 Å². The van der Waals surface area contributed by atoms with Crippen molar-refractivity contribution in [2.24, 2.45) is 0 Å². The summed E-state index contributed by atoms with van der Waals surface area (Å²) >= 11 is 24.5. The van der Waals surface area contributed by atoms with Crippen molar-refractivity contribution in [1.29, 1.82) is 0 Å². The van der Waals surface area contributed by atoms with Crippen LogP contribution >= 0.6 is 69.7 Å². The van der Waals surface area contributed by atoms with Gasteiger partial charge in [-0.3, -0.25) is 0 Å². The fourth-order valence-electron chi connectivity index (χ4n) is 1.40. The molecule has 10 heteroatoms. The molecule has 0 aliphatic rings. The maximum absolute atomic E-state index is 12.7. The van der Waals surface area contributed by atoms with Crippen LogP contribution in [0.5, 0.6) is 0 Å². The van der Waals surface area contributed by atoms with Crippen molar-refractivity contribution < 1.29 is 8.42 Å². The van der Waals surface area contributed by atoms with Gasteiger partial charge in [-0.15, -0.1) is 11.3 Å². The molecule has 114 valence electrons. The zero-order chi connectivity index (χ0) is 15.7. The molecule has 0 aliphatic heterocycles. The van der Waals surface area contributed by atoms with Crippen molar-refractivity contribution >= 4 is 85.4 Å². The van der Waals surface area contributed by atoms with Gasteiger partial charge in [0.2, 0.25) is 0 Å². The molecule has 1 aromatic heterocycles. The van der Waals surface area contributed by atoms with Gasteiger partial charge in [0.1, 0.15) is 4.21 Å². The molecular weight excluding hydrogens is 416 g/mol. The van der Waals surface area contributed by atoms with E-state index in [9.17, 15) is 8.42 Å². The number of nitrogens with zero attached hydrogens (tertiary/aromatic N) is 1. The molecule has 0 amide bonds. The summed E-state index contributed by atoms with van der Waals surface area (Å²) in [6.45, 7) is 0. The highest BCUT2D eigenvalue weighted by Gasteiger charge is 2.35. The molecule has 0 fully saturated rings. The Hall–Kier alpha value is 0.180. The summed E-state index contributed by atoms with van der Waals surface area (Å²) in [7, 11) is -3.89. The van der Waals surface area contributed by atoms with Crippen molar-refractivity contribution in [2.75, 3.05) is 3.71 Å². The van der Waals surface area contributed by atoms with E-state index in [1.165, 1.54) is 12.1 Å². The van der Waals surface area contributed by atoms with Gasteiger partial charge in [0, 0.05) is 11.9 Å². The van der Waals surface area contributed by atoms with Gasteiger partial charge in [-0.05, 0) is 24.3 Å². The maximum atomic E-state index is 12.7. The monoisotopic (exact) mass is 421 g/mol. The molecule has 0 bridgehead atoms. The largest absolute Gasteiger partial charge is 0.283 e. The number of hydrogen-bond donors (Lipinski definition) is 0. The smallest absolute Gasteiger partial charge is 0.203 e. The van der Waals surface area contributed by atoms with E-state index in [1.807, 2.05) is 0 Å². The molecule has 0 unspecified atom stereocenters. The van der Waals surface area contributed by atoms with Crippen LogP contribution in [-0.4, -0.2) is 11.5 Å². The molecule has 2 rings (SSSR count). The number of sulfonamides is 1. The SMILES string of the molecule is O=S(=O)(c1ccc(Cl)s1)N(SC(Cl)(Cl)Cl)c1ccccc1. The Morgan fingerprint density at radius 2 is 1.67 bits per heavy atom. The molecule has 21 heavy (non-hydrogen) atoms. The summed E-state index contributed by atoms with van der Waals surface area (Å²) in [5.41, 5.74) is 0.373. The molecular formula is C11H7Cl4NO2S3. The van der Waals surface area contributed by atoms with Crippen LogP contribution in [0.4, 0.5) is 5.69 Å².